The van der Waals surface area contributed by atoms with Crippen molar-refractivity contribution in [3.8, 4) is 0 Å². The first-order chi connectivity index (χ1) is 12.8. The number of carbonyl (C=O) groups excluding carboxylic acids is 1. The maximum absolute atomic E-state index is 13.4. The van der Waals surface area contributed by atoms with Crippen molar-refractivity contribution in [3.63, 3.8) is 0 Å². The van der Waals surface area contributed by atoms with E-state index in [0.29, 0.717) is 31.9 Å². The molecule has 1 amide bonds. The second-order valence-corrected chi connectivity index (χ2v) is 6.98. The molecule has 5 rings (SSSR count). The molecule has 2 fully saturated rings. The zero-order chi connectivity index (χ0) is 17.5. The Labute approximate surface area is 151 Å². The number of carbonyl (C=O) groups is 1. The number of anilines is 1. The van der Waals surface area contributed by atoms with Gasteiger partial charge in [-0.15, -0.1) is 0 Å². The van der Waals surface area contributed by atoms with Gasteiger partial charge in [0.25, 0.3) is 5.91 Å². The molecule has 1 aliphatic carbocycles. The molecule has 0 aromatic carbocycles. The Kier molecular flexibility index (Phi) is 3.74. The first-order valence-corrected chi connectivity index (χ1v) is 9.17. The van der Waals surface area contributed by atoms with Crippen molar-refractivity contribution in [1.82, 2.24) is 19.3 Å². The lowest BCUT2D eigenvalue weighted by molar-refractivity contribution is 0.0305. The van der Waals surface area contributed by atoms with E-state index < -0.39 is 0 Å². The first kappa shape index (κ1) is 15.6. The summed E-state index contributed by atoms with van der Waals surface area (Å²) in [5.74, 6) is 1.49. The van der Waals surface area contributed by atoms with Crippen LogP contribution in [0.4, 0.5) is 5.82 Å². The lowest BCUT2D eigenvalue weighted by atomic mass is 10.1. The average molecular weight is 351 g/mol. The van der Waals surface area contributed by atoms with Crippen LogP contribution in [-0.4, -0.2) is 58.0 Å². The van der Waals surface area contributed by atoms with Crippen LogP contribution < -0.4 is 5.32 Å². The van der Waals surface area contributed by atoms with E-state index in [2.05, 4.69) is 15.3 Å². The minimum absolute atomic E-state index is 0.0243. The zero-order valence-corrected chi connectivity index (χ0v) is 14.5. The molecule has 7 heteroatoms. The number of aromatic nitrogens is 3. The number of rotatable bonds is 4. The van der Waals surface area contributed by atoms with Gasteiger partial charge in [-0.1, -0.05) is 6.07 Å². The molecule has 3 aromatic rings. The van der Waals surface area contributed by atoms with Crippen LogP contribution in [0.25, 0.3) is 16.6 Å². The molecule has 1 N–H and O–H groups in total. The van der Waals surface area contributed by atoms with Gasteiger partial charge in [0.05, 0.1) is 29.7 Å². The molecule has 0 unspecified atom stereocenters. The van der Waals surface area contributed by atoms with Crippen molar-refractivity contribution in [2.24, 2.45) is 5.92 Å². The van der Waals surface area contributed by atoms with E-state index in [-0.39, 0.29) is 5.91 Å². The highest BCUT2D eigenvalue weighted by Crippen LogP contribution is 2.33. The number of nitrogens with zero attached hydrogens (tertiary/aromatic N) is 4. The number of morpholine rings is 1. The highest BCUT2D eigenvalue weighted by atomic mass is 16.5. The fourth-order valence-corrected chi connectivity index (χ4v) is 3.59. The molecule has 1 aliphatic heterocycles. The lowest BCUT2D eigenvalue weighted by Gasteiger charge is -2.26. The highest BCUT2D eigenvalue weighted by molar-refractivity contribution is 6.16. The molecule has 0 spiro atoms. The third-order valence-electron chi connectivity index (χ3n) is 5.19. The molecular weight excluding hydrogens is 330 g/mol. The van der Waals surface area contributed by atoms with Crippen LogP contribution in [0.15, 0.2) is 30.7 Å². The summed E-state index contributed by atoms with van der Waals surface area (Å²) in [5.41, 5.74) is 2.32. The number of nitrogens with one attached hydrogen (secondary N) is 1. The summed E-state index contributed by atoms with van der Waals surface area (Å²) in [4.78, 5) is 24.2. The van der Waals surface area contributed by atoms with Gasteiger partial charge in [0.1, 0.15) is 12.1 Å². The number of hydrogen-bond donors (Lipinski definition) is 1. The summed E-state index contributed by atoms with van der Waals surface area (Å²) in [6.07, 6.45) is 6.04. The van der Waals surface area contributed by atoms with E-state index in [4.69, 9.17) is 4.74 Å². The topological polar surface area (TPSA) is 71.8 Å². The number of hydrogen-bond acceptors (Lipinski definition) is 5. The van der Waals surface area contributed by atoms with Crippen molar-refractivity contribution in [1.29, 1.82) is 0 Å². The summed E-state index contributed by atoms with van der Waals surface area (Å²) in [6.45, 7) is 3.28. The van der Waals surface area contributed by atoms with Crippen LogP contribution in [0.2, 0.25) is 0 Å². The molecule has 2 aliphatic rings. The molecule has 3 aromatic heterocycles. The Morgan fingerprint density at radius 3 is 2.88 bits per heavy atom. The Morgan fingerprint density at radius 2 is 2.08 bits per heavy atom. The zero-order valence-electron chi connectivity index (χ0n) is 14.5. The Morgan fingerprint density at radius 1 is 1.23 bits per heavy atom. The van der Waals surface area contributed by atoms with Gasteiger partial charge in [0.15, 0.2) is 5.65 Å². The molecule has 0 radical (unpaired) electrons. The summed E-state index contributed by atoms with van der Waals surface area (Å²) in [5, 5.41) is 4.26. The molecule has 1 saturated carbocycles. The van der Waals surface area contributed by atoms with Crippen molar-refractivity contribution in [3.05, 3.63) is 36.3 Å². The second-order valence-electron chi connectivity index (χ2n) is 6.98. The van der Waals surface area contributed by atoms with Gasteiger partial charge in [-0.05, 0) is 30.9 Å². The van der Waals surface area contributed by atoms with Crippen LogP contribution in [0.5, 0.6) is 0 Å². The van der Waals surface area contributed by atoms with Crippen LogP contribution in [0.3, 0.4) is 0 Å². The van der Waals surface area contributed by atoms with E-state index >= 15 is 0 Å². The molecule has 0 bridgehead atoms. The van der Waals surface area contributed by atoms with Gasteiger partial charge >= 0.3 is 0 Å². The monoisotopic (exact) mass is 351 g/mol. The minimum Gasteiger partial charge on any atom is -0.378 e. The minimum atomic E-state index is 0.0243. The van der Waals surface area contributed by atoms with E-state index in [1.54, 1.807) is 6.33 Å². The second kappa shape index (κ2) is 6.25. The predicted octanol–water partition coefficient (Wildman–Crippen LogP) is 2.18. The Hall–Kier alpha value is -2.67. The lowest BCUT2D eigenvalue weighted by Crippen LogP contribution is -2.40. The normalized spacial score (nSPS) is 17.8. The number of ether oxygens (including phenoxy) is 1. The molecule has 4 heterocycles. The molecular formula is C19H21N5O2. The van der Waals surface area contributed by atoms with Gasteiger partial charge in [-0.3, -0.25) is 4.79 Å². The standard InChI is InChI=1S/C19H21N5O2/c25-19(23-7-9-26-10-8-23)15-14-3-1-2-6-24(14)18-16(15)17(21-12-22-18)20-11-13-4-5-13/h1-3,6,12-13H,4-5,7-11H2,(H,20,21,22). The molecule has 0 atom stereocenters. The third-order valence-corrected chi connectivity index (χ3v) is 5.19. The fourth-order valence-electron chi connectivity index (χ4n) is 3.59. The van der Waals surface area contributed by atoms with Gasteiger partial charge in [-0.25, -0.2) is 9.97 Å². The van der Waals surface area contributed by atoms with Crippen molar-refractivity contribution in [2.45, 2.75) is 12.8 Å². The van der Waals surface area contributed by atoms with Gasteiger partial charge in [-0.2, -0.15) is 0 Å². The van der Waals surface area contributed by atoms with Crippen molar-refractivity contribution in [2.75, 3.05) is 38.2 Å². The fraction of sp³-hybridized carbons (Fsp3) is 0.421. The van der Waals surface area contributed by atoms with Crippen molar-refractivity contribution >= 4 is 28.3 Å². The molecule has 134 valence electrons. The van der Waals surface area contributed by atoms with Crippen LogP contribution in [0.1, 0.15) is 23.2 Å². The smallest absolute Gasteiger partial charge is 0.257 e. The maximum Gasteiger partial charge on any atom is 0.257 e. The third kappa shape index (κ3) is 2.59. The van der Waals surface area contributed by atoms with E-state index in [0.717, 1.165) is 34.8 Å². The molecule has 7 nitrogen and oxygen atoms in total. The molecule has 1 saturated heterocycles. The Balaban J connectivity index is 1.68. The summed E-state index contributed by atoms with van der Waals surface area (Å²) < 4.78 is 7.38. The van der Waals surface area contributed by atoms with E-state index in [9.17, 15) is 4.79 Å². The van der Waals surface area contributed by atoms with E-state index in [1.807, 2.05) is 33.7 Å². The SMILES string of the molecule is O=C(c1c2c(NCC3CC3)ncnc2n2ccccc12)N1CCOCC1. The highest BCUT2D eigenvalue weighted by Gasteiger charge is 2.28. The van der Waals surface area contributed by atoms with Crippen LogP contribution in [0, 0.1) is 5.92 Å². The van der Waals surface area contributed by atoms with Crippen molar-refractivity contribution < 1.29 is 9.53 Å². The summed E-state index contributed by atoms with van der Waals surface area (Å²) in [6, 6.07) is 5.88. The predicted molar refractivity (Wildman–Crippen MR) is 98.4 cm³/mol. The average Bonchev–Trinajstić information content (AvgIpc) is 3.47. The largest absolute Gasteiger partial charge is 0.378 e. The van der Waals surface area contributed by atoms with Gasteiger partial charge in [0, 0.05) is 25.8 Å². The summed E-state index contributed by atoms with van der Waals surface area (Å²) >= 11 is 0. The first-order valence-electron chi connectivity index (χ1n) is 9.17. The quantitative estimate of drug-likeness (QED) is 0.780. The number of fused-ring (bicyclic) bond motifs is 3. The van der Waals surface area contributed by atoms with Gasteiger partial charge in [0.2, 0.25) is 0 Å². The summed E-state index contributed by atoms with van der Waals surface area (Å²) in [7, 11) is 0. The maximum atomic E-state index is 13.4. The number of amides is 1. The Bertz CT molecular complexity index is 973. The van der Waals surface area contributed by atoms with E-state index in [1.165, 1.54) is 12.8 Å². The molecule has 26 heavy (non-hydrogen) atoms. The number of pyridine rings is 1. The van der Waals surface area contributed by atoms with Crippen LogP contribution in [-0.2, 0) is 4.74 Å². The van der Waals surface area contributed by atoms with Crippen LogP contribution >= 0.6 is 0 Å². The van der Waals surface area contributed by atoms with Gasteiger partial charge < -0.3 is 19.4 Å².